The largest absolute Gasteiger partial charge is 0.464 e. The summed E-state index contributed by atoms with van der Waals surface area (Å²) in [6, 6.07) is 20.7. The maximum atomic E-state index is 12.9. The van der Waals surface area contributed by atoms with E-state index in [1.54, 1.807) is 29.2 Å². The van der Waals surface area contributed by atoms with E-state index in [9.17, 15) is 4.79 Å². The summed E-state index contributed by atoms with van der Waals surface area (Å²) in [5.41, 5.74) is 1.68. The quantitative estimate of drug-likeness (QED) is 0.649. The Labute approximate surface area is 146 Å². The molecule has 4 heteroatoms. The van der Waals surface area contributed by atoms with Crippen LogP contribution in [0.25, 0.3) is 0 Å². The molecule has 0 spiro atoms. The number of halogens is 1. The molecule has 0 saturated heterocycles. The van der Waals surface area contributed by atoms with Gasteiger partial charge in [0.2, 0.25) is 0 Å². The van der Waals surface area contributed by atoms with Crippen LogP contribution in [-0.2, 0) is 13.1 Å². The highest BCUT2D eigenvalue weighted by Gasteiger charge is 2.18. The van der Waals surface area contributed by atoms with Gasteiger partial charge in [-0.05, 0) is 48.9 Å². The highest BCUT2D eigenvalue weighted by molar-refractivity contribution is 6.30. The lowest BCUT2D eigenvalue weighted by atomic mass is 10.1. The normalized spacial score (nSPS) is 10.6. The molecule has 24 heavy (non-hydrogen) atoms. The van der Waals surface area contributed by atoms with Gasteiger partial charge in [0, 0.05) is 17.1 Å². The Morgan fingerprint density at radius 3 is 2.29 bits per heavy atom. The molecule has 0 aliphatic heterocycles. The number of hydrogen-bond acceptors (Lipinski definition) is 2. The van der Waals surface area contributed by atoms with Crippen molar-refractivity contribution >= 4 is 17.5 Å². The lowest BCUT2D eigenvalue weighted by Crippen LogP contribution is -2.30. The van der Waals surface area contributed by atoms with Crippen molar-refractivity contribution in [2.45, 2.75) is 20.0 Å². The number of carbonyl (C=O) groups is 1. The molecule has 122 valence electrons. The van der Waals surface area contributed by atoms with Crippen LogP contribution in [0.2, 0.25) is 5.02 Å². The van der Waals surface area contributed by atoms with Gasteiger partial charge < -0.3 is 9.32 Å². The van der Waals surface area contributed by atoms with Crippen molar-refractivity contribution in [3.8, 4) is 0 Å². The number of furan rings is 1. The van der Waals surface area contributed by atoms with Crippen LogP contribution in [0.3, 0.4) is 0 Å². The number of amides is 1. The van der Waals surface area contributed by atoms with Crippen LogP contribution in [0, 0.1) is 6.92 Å². The van der Waals surface area contributed by atoms with E-state index in [4.69, 9.17) is 16.0 Å². The van der Waals surface area contributed by atoms with E-state index in [0.29, 0.717) is 23.7 Å². The van der Waals surface area contributed by atoms with Gasteiger partial charge in [-0.3, -0.25) is 4.79 Å². The van der Waals surface area contributed by atoms with E-state index in [0.717, 1.165) is 17.1 Å². The predicted molar refractivity (Wildman–Crippen MR) is 94.9 cm³/mol. The fourth-order valence-corrected chi connectivity index (χ4v) is 2.66. The third-order valence-electron chi connectivity index (χ3n) is 3.74. The molecular weight excluding hydrogens is 322 g/mol. The Hall–Kier alpha value is -2.52. The molecule has 3 aromatic rings. The summed E-state index contributed by atoms with van der Waals surface area (Å²) in [5, 5.41) is 0.614. The Balaban J connectivity index is 1.85. The van der Waals surface area contributed by atoms with Gasteiger partial charge in [-0.2, -0.15) is 0 Å². The fourth-order valence-electron chi connectivity index (χ4n) is 2.54. The summed E-state index contributed by atoms with van der Waals surface area (Å²) in [4.78, 5) is 14.7. The molecule has 0 aliphatic carbocycles. The lowest BCUT2D eigenvalue weighted by Gasteiger charge is -2.22. The molecule has 3 rings (SSSR count). The number of benzene rings is 2. The average molecular weight is 340 g/mol. The molecule has 0 atom stereocenters. The van der Waals surface area contributed by atoms with Crippen LogP contribution >= 0.6 is 11.6 Å². The minimum absolute atomic E-state index is 0.0513. The highest BCUT2D eigenvalue weighted by Crippen LogP contribution is 2.17. The maximum absolute atomic E-state index is 12.9. The fraction of sp³-hybridized carbons (Fsp3) is 0.150. The van der Waals surface area contributed by atoms with Crippen LogP contribution in [0.15, 0.2) is 71.1 Å². The molecule has 0 saturated carbocycles. The minimum Gasteiger partial charge on any atom is -0.464 e. The van der Waals surface area contributed by atoms with E-state index in [2.05, 4.69) is 0 Å². The smallest absolute Gasteiger partial charge is 0.254 e. The molecule has 1 amide bonds. The Morgan fingerprint density at radius 1 is 0.958 bits per heavy atom. The molecular formula is C20H18ClNO2. The van der Waals surface area contributed by atoms with Crippen LogP contribution < -0.4 is 0 Å². The van der Waals surface area contributed by atoms with Crippen molar-refractivity contribution in [2.24, 2.45) is 0 Å². The zero-order valence-corrected chi connectivity index (χ0v) is 14.2. The van der Waals surface area contributed by atoms with Gasteiger partial charge in [0.05, 0.1) is 6.54 Å². The molecule has 0 N–H and O–H groups in total. The van der Waals surface area contributed by atoms with Crippen LogP contribution in [-0.4, -0.2) is 10.8 Å². The van der Waals surface area contributed by atoms with Crippen LogP contribution in [0.4, 0.5) is 0 Å². The van der Waals surface area contributed by atoms with Crippen molar-refractivity contribution in [2.75, 3.05) is 0 Å². The molecule has 1 aromatic heterocycles. The summed E-state index contributed by atoms with van der Waals surface area (Å²) in [7, 11) is 0. The summed E-state index contributed by atoms with van der Waals surface area (Å²) < 4.78 is 5.64. The van der Waals surface area contributed by atoms with Crippen LogP contribution in [0.1, 0.15) is 27.4 Å². The second kappa shape index (κ2) is 7.37. The van der Waals surface area contributed by atoms with Crippen molar-refractivity contribution in [3.05, 3.63) is 94.4 Å². The SMILES string of the molecule is Cc1ccc(CN(Cc2ccccc2)C(=O)c2ccc(Cl)cc2)o1. The molecule has 0 radical (unpaired) electrons. The van der Waals surface area contributed by atoms with Gasteiger partial charge in [-0.25, -0.2) is 0 Å². The van der Waals surface area contributed by atoms with E-state index in [1.165, 1.54) is 0 Å². The van der Waals surface area contributed by atoms with Crippen molar-refractivity contribution < 1.29 is 9.21 Å². The summed E-state index contributed by atoms with van der Waals surface area (Å²) in [6.07, 6.45) is 0. The second-order valence-corrected chi connectivity index (χ2v) is 6.10. The zero-order valence-electron chi connectivity index (χ0n) is 13.4. The van der Waals surface area contributed by atoms with Gasteiger partial charge >= 0.3 is 0 Å². The van der Waals surface area contributed by atoms with Crippen molar-refractivity contribution in [1.82, 2.24) is 4.90 Å². The molecule has 2 aromatic carbocycles. The van der Waals surface area contributed by atoms with Gasteiger partial charge in [-0.1, -0.05) is 41.9 Å². The average Bonchev–Trinajstić information content (AvgIpc) is 3.00. The van der Waals surface area contributed by atoms with Gasteiger partial charge in [-0.15, -0.1) is 0 Å². The summed E-state index contributed by atoms with van der Waals surface area (Å²) in [5.74, 6) is 1.55. The second-order valence-electron chi connectivity index (χ2n) is 5.67. The number of rotatable bonds is 5. The zero-order chi connectivity index (χ0) is 16.9. The molecule has 0 fully saturated rings. The summed E-state index contributed by atoms with van der Waals surface area (Å²) >= 11 is 5.92. The standard InChI is InChI=1S/C20H18ClNO2/c1-15-7-12-19(24-15)14-22(13-16-5-3-2-4-6-16)20(23)17-8-10-18(21)11-9-17/h2-12H,13-14H2,1H3. The molecule has 1 heterocycles. The number of aryl methyl sites for hydroxylation is 1. The molecule has 0 bridgehead atoms. The Bertz CT molecular complexity index is 809. The number of nitrogens with zero attached hydrogens (tertiary/aromatic N) is 1. The number of hydrogen-bond donors (Lipinski definition) is 0. The van der Waals surface area contributed by atoms with E-state index in [-0.39, 0.29) is 5.91 Å². The minimum atomic E-state index is -0.0513. The monoisotopic (exact) mass is 339 g/mol. The Morgan fingerprint density at radius 2 is 1.67 bits per heavy atom. The first-order valence-corrected chi connectivity index (χ1v) is 8.14. The molecule has 0 unspecified atom stereocenters. The third-order valence-corrected chi connectivity index (χ3v) is 3.99. The topological polar surface area (TPSA) is 33.5 Å². The van der Waals surface area contributed by atoms with Crippen molar-refractivity contribution in [3.63, 3.8) is 0 Å². The first-order valence-electron chi connectivity index (χ1n) is 7.76. The van der Waals surface area contributed by atoms with E-state index in [1.807, 2.05) is 49.4 Å². The van der Waals surface area contributed by atoms with Gasteiger partial charge in [0.15, 0.2) is 0 Å². The first-order chi connectivity index (χ1) is 11.6. The maximum Gasteiger partial charge on any atom is 0.254 e. The van der Waals surface area contributed by atoms with Crippen molar-refractivity contribution in [1.29, 1.82) is 0 Å². The molecule has 3 nitrogen and oxygen atoms in total. The van der Waals surface area contributed by atoms with E-state index >= 15 is 0 Å². The van der Waals surface area contributed by atoms with Gasteiger partial charge in [0.1, 0.15) is 11.5 Å². The number of carbonyl (C=O) groups excluding carboxylic acids is 1. The van der Waals surface area contributed by atoms with Gasteiger partial charge in [0.25, 0.3) is 5.91 Å². The predicted octanol–water partition coefficient (Wildman–Crippen LogP) is 5.08. The molecule has 0 aliphatic rings. The van der Waals surface area contributed by atoms with E-state index < -0.39 is 0 Å². The Kier molecular flexibility index (Phi) is 5.02. The third kappa shape index (κ3) is 4.06. The lowest BCUT2D eigenvalue weighted by molar-refractivity contribution is 0.0717. The van der Waals surface area contributed by atoms with Crippen LogP contribution in [0.5, 0.6) is 0 Å². The first kappa shape index (κ1) is 16.3. The summed E-state index contributed by atoms with van der Waals surface area (Å²) in [6.45, 7) is 2.83. The highest BCUT2D eigenvalue weighted by atomic mass is 35.5.